The van der Waals surface area contributed by atoms with Gasteiger partial charge in [-0.05, 0) is 37.3 Å². The number of rotatable bonds is 2. The maximum atomic E-state index is 13.1. The molecule has 0 unspecified atom stereocenters. The lowest BCUT2D eigenvalue weighted by molar-refractivity contribution is -0.135. The quantitative estimate of drug-likeness (QED) is 0.845. The summed E-state index contributed by atoms with van der Waals surface area (Å²) in [6.45, 7) is 5.36. The molecule has 1 fully saturated rings. The number of aryl methyl sites for hydroxylation is 1. The van der Waals surface area contributed by atoms with E-state index < -0.39 is 0 Å². The highest BCUT2D eigenvalue weighted by Gasteiger charge is 2.36. The van der Waals surface area contributed by atoms with E-state index in [1.54, 1.807) is 0 Å². The molecule has 1 amide bonds. The zero-order valence-electron chi connectivity index (χ0n) is 14.5. The van der Waals surface area contributed by atoms with E-state index in [2.05, 4.69) is 39.1 Å². The van der Waals surface area contributed by atoms with E-state index in [4.69, 9.17) is 0 Å². The molecule has 1 aliphatic carbocycles. The third-order valence-corrected chi connectivity index (χ3v) is 5.74. The summed E-state index contributed by atoms with van der Waals surface area (Å²) < 4.78 is 0. The van der Waals surface area contributed by atoms with Crippen molar-refractivity contribution in [1.29, 1.82) is 0 Å². The fourth-order valence-electron chi connectivity index (χ4n) is 4.30. The fourth-order valence-corrected chi connectivity index (χ4v) is 4.30. The van der Waals surface area contributed by atoms with Crippen molar-refractivity contribution < 1.29 is 4.79 Å². The Morgan fingerprint density at radius 3 is 2.44 bits per heavy atom. The van der Waals surface area contributed by atoms with Gasteiger partial charge in [-0.15, -0.1) is 0 Å². The molecule has 2 aliphatic heterocycles. The minimum Gasteiger partial charge on any atom is -0.356 e. The average molecular weight is 334 g/mol. The maximum Gasteiger partial charge on any atom is 0.227 e. The van der Waals surface area contributed by atoms with Gasteiger partial charge < -0.3 is 9.80 Å². The lowest BCUT2D eigenvalue weighted by Gasteiger charge is -2.33. The molecule has 1 aromatic heterocycles. The molecule has 5 heteroatoms. The molecule has 0 atom stereocenters. The van der Waals surface area contributed by atoms with Crippen molar-refractivity contribution >= 4 is 11.7 Å². The molecular formula is C20H22N4O. The lowest BCUT2D eigenvalue weighted by atomic mass is 10.1. The second kappa shape index (κ2) is 5.55. The molecule has 3 heterocycles. The van der Waals surface area contributed by atoms with Crippen LogP contribution in [0.4, 0.5) is 5.82 Å². The van der Waals surface area contributed by atoms with Gasteiger partial charge in [-0.2, -0.15) is 0 Å². The second-order valence-electron chi connectivity index (χ2n) is 7.43. The summed E-state index contributed by atoms with van der Waals surface area (Å²) in [6, 6.07) is 8.43. The van der Waals surface area contributed by atoms with Crippen molar-refractivity contribution in [2.45, 2.75) is 39.3 Å². The first-order valence-corrected chi connectivity index (χ1v) is 9.16. The number of carbonyl (C=O) groups excluding carboxylic acids is 1. The van der Waals surface area contributed by atoms with Crippen LogP contribution in [0.5, 0.6) is 0 Å². The van der Waals surface area contributed by atoms with Crippen LogP contribution in [0.15, 0.2) is 24.3 Å². The van der Waals surface area contributed by atoms with Gasteiger partial charge in [0.1, 0.15) is 11.6 Å². The van der Waals surface area contributed by atoms with Crippen LogP contribution in [0.3, 0.4) is 0 Å². The summed E-state index contributed by atoms with van der Waals surface area (Å²) in [4.78, 5) is 26.7. The molecule has 0 saturated carbocycles. The van der Waals surface area contributed by atoms with Gasteiger partial charge in [0.2, 0.25) is 5.91 Å². The van der Waals surface area contributed by atoms with Crippen molar-refractivity contribution in [3.63, 3.8) is 0 Å². The van der Waals surface area contributed by atoms with E-state index in [1.807, 2.05) is 11.8 Å². The number of benzene rings is 1. The second-order valence-corrected chi connectivity index (χ2v) is 7.43. The van der Waals surface area contributed by atoms with Gasteiger partial charge in [-0.25, -0.2) is 9.97 Å². The SMILES string of the molecule is Cc1nc2c(c(N3CCC3)n1)CN(C(=O)C1Cc3ccccc3C1)C2. The van der Waals surface area contributed by atoms with Crippen molar-refractivity contribution in [1.82, 2.24) is 14.9 Å². The fraction of sp³-hybridized carbons (Fsp3) is 0.450. The number of fused-ring (bicyclic) bond motifs is 2. The third-order valence-electron chi connectivity index (χ3n) is 5.74. The molecule has 5 rings (SSSR count). The Balaban J connectivity index is 1.37. The molecule has 128 valence electrons. The number of nitrogens with zero attached hydrogens (tertiary/aromatic N) is 4. The van der Waals surface area contributed by atoms with Crippen LogP contribution >= 0.6 is 0 Å². The van der Waals surface area contributed by atoms with Gasteiger partial charge in [-0.1, -0.05) is 24.3 Å². The summed E-state index contributed by atoms with van der Waals surface area (Å²) in [5.41, 5.74) is 4.86. The van der Waals surface area contributed by atoms with Crippen molar-refractivity contribution in [2.24, 2.45) is 5.92 Å². The number of aromatic nitrogens is 2. The summed E-state index contributed by atoms with van der Waals surface area (Å²) in [5, 5.41) is 0. The van der Waals surface area contributed by atoms with Gasteiger partial charge in [0.15, 0.2) is 0 Å². The van der Waals surface area contributed by atoms with E-state index in [0.29, 0.717) is 13.1 Å². The van der Waals surface area contributed by atoms with Gasteiger partial charge >= 0.3 is 0 Å². The number of amides is 1. The standard InChI is InChI=1S/C20H22N4O/c1-13-21-18-12-24(11-17(18)19(22-13)23-7-4-8-23)20(25)16-9-14-5-2-3-6-15(14)10-16/h2-3,5-6,16H,4,7-12H2,1H3. The monoisotopic (exact) mass is 334 g/mol. The normalized spacial score (nSPS) is 18.9. The van der Waals surface area contributed by atoms with Crippen molar-refractivity contribution in [2.75, 3.05) is 18.0 Å². The van der Waals surface area contributed by atoms with Gasteiger partial charge in [0.05, 0.1) is 18.8 Å². The van der Waals surface area contributed by atoms with Gasteiger partial charge in [0, 0.05) is 24.6 Å². The predicted molar refractivity (Wildman–Crippen MR) is 95.2 cm³/mol. The first kappa shape index (κ1) is 14.9. The minimum atomic E-state index is 0.0771. The van der Waals surface area contributed by atoms with Crippen molar-refractivity contribution in [3.8, 4) is 0 Å². The first-order valence-electron chi connectivity index (χ1n) is 9.16. The lowest BCUT2D eigenvalue weighted by Crippen LogP contribution is -2.38. The molecule has 0 radical (unpaired) electrons. The highest BCUT2D eigenvalue weighted by Crippen LogP contribution is 2.34. The number of carbonyl (C=O) groups is 1. The van der Waals surface area contributed by atoms with Crippen LogP contribution in [0, 0.1) is 12.8 Å². The summed E-state index contributed by atoms with van der Waals surface area (Å²) in [5.74, 6) is 2.21. The molecule has 0 spiro atoms. The Bertz CT molecular complexity index is 834. The molecule has 1 saturated heterocycles. The Labute approximate surface area is 147 Å². The first-order chi connectivity index (χ1) is 12.2. The largest absolute Gasteiger partial charge is 0.356 e. The number of anilines is 1. The highest BCUT2D eigenvalue weighted by molar-refractivity contribution is 5.81. The van der Waals surface area contributed by atoms with Crippen LogP contribution in [0.1, 0.15) is 34.6 Å². The Kier molecular flexibility index (Phi) is 3.30. The maximum absolute atomic E-state index is 13.1. The topological polar surface area (TPSA) is 49.3 Å². The van der Waals surface area contributed by atoms with E-state index >= 15 is 0 Å². The van der Waals surface area contributed by atoms with Gasteiger partial charge in [-0.3, -0.25) is 4.79 Å². The van der Waals surface area contributed by atoms with Crippen LogP contribution in [-0.4, -0.2) is 33.9 Å². The minimum absolute atomic E-state index is 0.0771. The molecular weight excluding hydrogens is 312 g/mol. The summed E-state index contributed by atoms with van der Waals surface area (Å²) in [6.07, 6.45) is 2.96. The Morgan fingerprint density at radius 1 is 1.08 bits per heavy atom. The highest BCUT2D eigenvalue weighted by atomic mass is 16.2. The van der Waals surface area contributed by atoms with Crippen LogP contribution in [0.25, 0.3) is 0 Å². The predicted octanol–water partition coefficient (Wildman–Crippen LogP) is 2.25. The zero-order chi connectivity index (χ0) is 17.0. The molecule has 1 aromatic carbocycles. The van der Waals surface area contributed by atoms with Crippen LogP contribution in [-0.2, 0) is 30.7 Å². The smallest absolute Gasteiger partial charge is 0.227 e. The van der Waals surface area contributed by atoms with Crippen LogP contribution < -0.4 is 4.90 Å². The van der Waals surface area contributed by atoms with Crippen molar-refractivity contribution in [3.05, 3.63) is 52.5 Å². The molecule has 5 nitrogen and oxygen atoms in total. The average Bonchev–Trinajstić information content (AvgIpc) is 3.16. The molecule has 3 aliphatic rings. The van der Waals surface area contributed by atoms with E-state index in [9.17, 15) is 4.79 Å². The van der Waals surface area contributed by atoms with E-state index in [0.717, 1.165) is 48.8 Å². The van der Waals surface area contributed by atoms with E-state index in [1.165, 1.54) is 17.5 Å². The Morgan fingerprint density at radius 2 is 1.80 bits per heavy atom. The summed E-state index contributed by atoms with van der Waals surface area (Å²) in [7, 11) is 0. The number of hydrogen-bond donors (Lipinski definition) is 0. The molecule has 0 bridgehead atoms. The van der Waals surface area contributed by atoms with Gasteiger partial charge in [0.25, 0.3) is 0 Å². The zero-order valence-corrected chi connectivity index (χ0v) is 14.5. The van der Waals surface area contributed by atoms with Crippen LogP contribution in [0.2, 0.25) is 0 Å². The summed E-state index contributed by atoms with van der Waals surface area (Å²) >= 11 is 0. The number of hydrogen-bond acceptors (Lipinski definition) is 4. The molecule has 2 aromatic rings. The van der Waals surface area contributed by atoms with E-state index in [-0.39, 0.29) is 11.8 Å². The molecule has 0 N–H and O–H groups in total. The third kappa shape index (κ3) is 2.41. The Hall–Kier alpha value is -2.43. The molecule has 25 heavy (non-hydrogen) atoms.